The Labute approximate surface area is 212 Å². The van der Waals surface area contributed by atoms with Crippen molar-refractivity contribution < 1.29 is 4.55 Å². The summed E-state index contributed by atoms with van der Waals surface area (Å²) in [7, 11) is 0. The number of benzene rings is 1. The van der Waals surface area contributed by atoms with E-state index in [0.29, 0.717) is 0 Å². The smallest absolute Gasteiger partial charge is 0.211 e. The molecule has 0 radical (unpaired) electrons. The largest absolute Gasteiger partial charge is 0.598 e. The van der Waals surface area contributed by atoms with E-state index >= 15 is 0 Å². The molecule has 2 aliphatic rings. The van der Waals surface area contributed by atoms with Crippen molar-refractivity contribution in [3.05, 3.63) is 57.1 Å². The molecule has 1 aliphatic carbocycles. The average Bonchev–Trinajstić information content (AvgIpc) is 3.38. The molecule has 0 unspecified atom stereocenters. The van der Waals surface area contributed by atoms with Crippen molar-refractivity contribution in [2.24, 2.45) is 5.41 Å². The maximum absolute atomic E-state index is 13.2. The molecule has 1 aromatic carbocycles. The van der Waals surface area contributed by atoms with E-state index < -0.39 is 11.4 Å². The summed E-state index contributed by atoms with van der Waals surface area (Å²) < 4.78 is 19.5. The molecule has 33 heavy (non-hydrogen) atoms. The summed E-state index contributed by atoms with van der Waals surface area (Å²) in [5.74, 6) is 3.71. The Hall–Kier alpha value is -1.80. The second-order valence-corrected chi connectivity index (χ2v) is 13.2. The number of hydrogen-bond acceptors (Lipinski definition) is 5. The van der Waals surface area contributed by atoms with E-state index in [1.807, 2.05) is 45.4 Å². The molecule has 2 aromatic heterocycles. The first kappa shape index (κ1) is 23.0. The van der Waals surface area contributed by atoms with Gasteiger partial charge in [-0.1, -0.05) is 12.0 Å². The van der Waals surface area contributed by atoms with E-state index in [9.17, 15) is 4.55 Å². The van der Waals surface area contributed by atoms with E-state index in [-0.39, 0.29) is 16.2 Å². The van der Waals surface area contributed by atoms with Gasteiger partial charge in [-0.25, -0.2) is 9.97 Å². The summed E-state index contributed by atoms with van der Waals surface area (Å²) in [6, 6.07) is 6.33. The fraction of sp³-hybridized carbons (Fsp3) is 0.440. The van der Waals surface area contributed by atoms with Gasteiger partial charge in [0.15, 0.2) is 5.65 Å². The summed E-state index contributed by atoms with van der Waals surface area (Å²) in [5.41, 5.74) is 4.38. The van der Waals surface area contributed by atoms with Gasteiger partial charge in [0.05, 0.1) is 9.61 Å². The molecule has 0 saturated carbocycles. The number of hydrogen-bond donors (Lipinski definition) is 1. The first-order chi connectivity index (χ1) is 15.7. The standard InChI is InChI=1S/C25H28IN5OS/c1-5-17-6-7-19-18(14-17)15-25(21(19)29-33(32)24(2,3)4)8-11-30(12-9-25)23-28-16-20(26)22-27-10-13-31(22)23/h1,6-7,10,13-14,16,21,29H,8-9,11-12,15H2,2-4H3/t21-,33-/m1/s1. The molecular formula is C25H28IN5OS. The molecule has 1 N–H and O–H groups in total. The van der Waals surface area contributed by atoms with Gasteiger partial charge in [-0.05, 0) is 85.9 Å². The van der Waals surface area contributed by atoms with Gasteiger partial charge in [0, 0.05) is 54.0 Å². The molecule has 0 bridgehead atoms. The number of nitrogens with one attached hydrogen (secondary N) is 1. The predicted octanol–water partition coefficient (Wildman–Crippen LogP) is 4.25. The number of halogens is 1. The van der Waals surface area contributed by atoms with E-state index in [2.05, 4.69) is 59.7 Å². The van der Waals surface area contributed by atoms with Crippen LogP contribution in [0.4, 0.5) is 5.95 Å². The van der Waals surface area contributed by atoms with E-state index in [4.69, 9.17) is 11.4 Å². The van der Waals surface area contributed by atoms with Crippen molar-refractivity contribution in [2.45, 2.75) is 50.8 Å². The maximum Gasteiger partial charge on any atom is 0.211 e. The number of fused-ring (bicyclic) bond motifs is 2. The van der Waals surface area contributed by atoms with E-state index in [1.165, 1.54) is 11.1 Å². The SMILES string of the molecule is C#Cc1ccc2c(c1)CC1(CCN(c3ncc(I)c4nccn34)CC1)[C@@H]2N[S@+]([O-])C(C)(C)C. The highest BCUT2D eigenvalue weighted by Crippen LogP contribution is 2.53. The molecule has 3 aromatic rings. The summed E-state index contributed by atoms with van der Waals surface area (Å²) in [6.45, 7) is 7.82. The highest BCUT2D eigenvalue weighted by Gasteiger charge is 2.50. The maximum atomic E-state index is 13.2. The van der Waals surface area contributed by atoms with Crippen LogP contribution in [-0.4, -0.2) is 36.8 Å². The van der Waals surface area contributed by atoms with E-state index in [1.54, 1.807) is 0 Å². The van der Waals surface area contributed by atoms with Crippen LogP contribution < -0.4 is 9.62 Å². The molecule has 5 rings (SSSR count). The Morgan fingerprint density at radius 1 is 1.27 bits per heavy atom. The van der Waals surface area contributed by atoms with Crippen LogP contribution in [0, 0.1) is 21.3 Å². The molecule has 2 atom stereocenters. The molecule has 1 aliphatic heterocycles. The number of anilines is 1. The van der Waals surface area contributed by atoms with Crippen LogP contribution in [0.15, 0.2) is 36.8 Å². The van der Waals surface area contributed by atoms with Gasteiger partial charge in [-0.3, -0.25) is 4.40 Å². The molecular weight excluding hydrogens is 545 g/mol. The normalized spacial score (nSPS) is 20.7. The fourth-order valence-electron chi connectivity index (χ4n) is 5.14. The van der Waals surface area contributed by atoms with Crippen LogP contribution in [0.25, 0.3) is 5.65 Å². The van der Waals surface area contributed by atoms with Crippen molar-refractivity contribution >= 4 is 45.5 Å². The predicted molar refractivity (Wildman–Crippen MR) is 141 cm³/mol. The van der Waals surface area contributed by atoms with Crippen molar-refractivity contribution in [1.29, 1.82) is 0 Å². The van der Waals surface area contributed by atoms with Gasteiger partial charge >= 0.3 is 0 Å². The van der Waals surface area contributed by atoms with Gasteiger partial charge in [0.2, 0.25) is 5.95 Å². The minimum absolute atomic E-state index is 0.00419. The zero-order chi connectivity index (χ0) is 23.4. The summed E-state index contributed by atoms with van der Waals surface area (Å²) in [5, 5.41) is 0. The van der Waals surface area contributed by atoms with Gasteiger partial charge in [0.25, 0.3) is 0 Å². The molecule has 172 valence electrons. The lowest BCUT2D eigenvalue weighted by Gasteiger charge is -2.44. The van der Waals surface area contributed by atoms with Crippen LogP contribution in [0.3, 0.4) is 0 Å². The number of nitrogens with zero attached hydrogens (tertiary/aromatic N) is 4. The molecule has 8 heteroatoms. The van der Waals surface area contributed by atoms with Gasteiger partial charge in [0.1, 0.15) is 4.75 Å². The second kappa shape index (κ2) is 8.45. The summed E-state index contributed by atoms with van der Waals surface area (Å²) in [6.07, 6.45) is 14.3. The molecule has 1 spiro atoms. The minimum atomic E-state index is -1.16. The van der Waals surface area contributed by atoms with Crippen LogP contribution in [-0.2, 0) is 17.8 Å². The lowest BCUT2D eigenvalue weighted by Crippen LogP contribution is -2.50. The third kappa shape index (κ3) is 4.03. The lowest BCUT2D eigenvalue weighted by atomic mass is 9.73. The Kier molecular flexibility index (Phi) is 5.88. The third-order valence-electron chi connectivity index (χ3n) is 6.96. The highest BCUT2D eigenvalue weighted by atomic mass is 127. The van der Waals surface area contributed by atoms with Crippen molar-refractivity contribution in [2.75, 3.05) is 18.0 Å². The Morgan fingerprint density at radius 2 is 2.03 bits per heavy atom. The first-order valence-corrected chi connectivity index (χ1v) is 13.4. The molecule has 3 heterocycles. The fourth-order valence-corrected chi connectivity index (χ4v) is 6.62. The van der Waals surface area contributed by atoms with Gasteiger partial charge in [-0.2, -0.15) is 0 Å². The number of imidazole rings is 1. The third-order valence-corrected chi connectivity index (χ3v) is 9.28. The van der Waals surface area contributed by atoms with E-state index in [0.717, 1.165) is 53.1 Å². The summed E-state index contributed by atoms with van der Waals surface area (Å²) in [4.78, 5) is 11.6. The van der Waals surface area contributed by atoms with Crippen LogP contribution in [0.1, 0.15) is 56.3 Å². The minimum Gasteiger partial charge on any atom is -0.598 e. The average molecular weight is 574 g/mol. The highest BCUT2D eigenvalue weighted by molar-refractivity contribution is 14.1. The van der Waals surface area contributed by atoms with Crippen LogP contribution in [0.5, 0.6) is 0 Å². The molecule has 6 nitrogen and oxygen atoms in total. The topological polar surface area (TPSA) is 68.5 Å². The van der Waals surface area contributed by atoms with Crippen LogP contribution in [0.2, 0.25) is 0 Å². The second-order valence-electron chi connectivity index (χ2n) is 10.0. The Balaban J connectivity index is 1.45. The number of terminal acetylenes is 1. The van der Waals surface area contributed by atoms with Crippen LogP contribution >= 0.6 is 22.6 Å². The molecule has 1 fully saturated rings. The Morgan fingerprint density at radius 3 is 2.73 bits per heavy atom. The molecule has 1 saturated heterocycles. The number of piperidine rings is 1. The van der Waals surface area contributed by atoms with Gasteiger partial charge in [-0.15, -0.1) is 11.1 Å². The zero-order valence-corrected chi connectivity index (χ0v) is 22.1. The number of aromatic nitrogens is 3. The van der Waals surface area contributed by atoms with Crippen molar-refractivity contribution in [3.8, 4) is 12.3 Å². The lowest BCUT2D eigenvalue weighted by molar-refractivity contribution is 0.175. The summed E-state index contributed by atoms with van der Waals surface area (Å²) >= 11 is 1.12. The molecule has 0 amide bonds. The van der Waals surface area contributed by atoms with Gasteiger partial charge < -0.3 is 9.45 Å². The number of rotatable bonds is 3. The van der Waals surface area contributed by atoms with Crippen molar-refractivity contribution in [3.63, 3.8) is 0 Å². The Bertz CT molecular complexity index is 1240. The first-order valence-electron chi connectivity index (χ1n) is 11.2. The monoisotopic (exact) mass is 573 g/mol. The quantitative estimate of drug-likeness (QED) is 0.289. The van der Waals surface area contributed by atoms with Crippen molar-refractivity contribution in [1.82, 2.24) is 19.1 Å². The zero-order valence-electron chi connectivity index (χ0n) is 19.1.